The Hall–Kier alpha value is -4.03. The fourth-order valence-electron chi connectivity index (χ4n) is 4.87. The van der Waals surface area contributed by atoms with E-state index in [-0.39, 0.29) is 64.7 Å². The summed E-state index contributed by atoms with van der Waals surface area (Å²) in [5.41, 5.74) is -6.77. The molecule has 254 valence electrons. The maximum Gasteiger partial charge on any atom is 0.534 e. The monoisotopic (exact) mass is 704 g/mol. The molecule has 0 bridgehead atoms. The Balaban J connectivity index is 1.74. The van der Waals surface area contributed by atoms with Crippen molar-refractivity contribution < 1.29 is 53.6 Å². The van der Waals surface area contributed by atoms with Gasteiger partial charge >= 0.3 is 21.7 Å². The number of thiophene rings is 1. The molecular weight excluding hydrogens is 675 g/mol. The number of carbonyl (C=O) groups is 1. The van der Waals surface area contributed by atoms with Gasteiger partial charge < -0.3 is 18.4 Å². The number of hydrogen-bond donors (Lipinski definition) is 0. The number of benzene rings is 1. The average molecular weight is 705 g/mol. The predicted molar refractivity (Wildman–Crippen MR) is 160 cm³/mol. The molecule has 18 heteroatoms. The molecule has 1 amide bonds. The first-order chi connectivity index (χ1) is 21.9. The molecule has 0 aliphatic carbocycles. The molecule has 1 atom stereocenters. The smallest absolute Gasteiger partial charge is 0.490 e. The highest BCUT2D eigenvalue weighted by atomic mass is 32.2. The van der Waals surface area contributed by atoms with Crippen LogP contribution in [0.2, 0.25) is 0 Å². The minimum absolute atomic E-state index is 0.0156. The third kappa shape index (κ3) is 6.99. The van der Waals surface area contributed by atoms with Crippen LogP contribution in [0.1, 0.15) is 33.4 Å². The van der Waals surface area contributed by atoms with Crippen LogP contribution in [0.5, 0.6) is 11.6 Å². The van der Waals surface area contributed by atoms with Gasteiger partial charge in [0, 0.05) is 24.8 Å². The molecule has 3 aromatic heterocycles. The maximum absolute atomic E-state index is 15.8. The van der Waals surface area contributed by atoms with E-state index < -0.39 is 50.9 Å². The van der Waals surface area contributed by atoms with Crippen molar-refractivity contribution in [1.82, 2.24) is 19.7 Å². The minimum atomic E-state index is -6.18. The van der Waals surface area contributed by atoms with Crippen LogP contribution < -0.4 is 8.92 Å². The Bertz CT molecular complexity index is 1940. The minimum Gasteiger partial charge on any atom is -0.490 e. The van der Waals surface area contributed by atoms with Gasteiger partial charge in [-0.3, -0.25) is 9.58 Å². The summed E-state index contributed by atoms with van der Waals surface area (Å²) in [7, 11) is -4.78. The summed E-state index contributed by atoms with van der Waals surface area (Å²) >= 11 is 0.919. The number of hydrogen-bond acceptors (Lipinski definition) is 10. The second kappa shape index (κ2) is 12.5. The largest absolute Gasteiger partial charge is 0.534 e. The number of methoxy groups -OCH3 is 1. The summed E-state index contributed by atoms with van der Waals surface area (Å²) < 4.78 is 117. The first-order valence-corrected chi connectivity index (χ1v) is 16.3. The number of alkyl halides is 3. The molecule has 0 N–H and O–H groups in total. The van der Waals surface area contributed by atoms with Gasteiger partial charge in [-0.05, 0) is 45.2 Å². The van der Waals surface area contributed by atoms with Crippen LogP contribution in [0, 0.1) is 11.6 Å². The lowest BCUT2D eigenvalue weighted by Crippen LogP contribution is -2.46. The van der Waals surface area contributed by atoms with Crippen molar-refractivity contribution in [2.45, 2.75) is 57.9 Å². The number of ether oxygens (including phenoxy) is 3. The van der Waals surface area contributed by atoms with Crippen LogP contribution in [0.4, 0.5) is 26.7 Å². The first kappa shape index (κ1) is 34.3. The number of nitrogens with zero attached hydrogens (tertiary/aromatic N) is 4. The number of amides is 1. The van der Waals surface area contributed by atoms with Crippen molar-refractivity contribution in [3.63, 3.8) is 0 Å². The zero-order chi connectivity index (χ0) is 34.5. The van der Waals surface area contributed by atoms with Gasteiger partial charge in [-0.1, -0.05) is 0 Å². The Labute approximate surface area is 269 Å². The topological polar surface area (TPSA) is 122 Å². The Morgan fingerprint density at radius 3 is 2.49 bits per heavy atom. The summed E-state index contributed by atoms with van der Waals surface area (Å²) in [6.07, 6.45) is -0.586. The molecule has 0 saturated heterocycles. The van der Waals surface area contributed by atoms with Gasteiger partial charge in [-0.25, -0.2) is 18.6 Å². The lowest BCUT2D eigenvalue weighted by atomic mass is 9.99. The number of carbonyl (C=O) groups excluding carboxylic acids is 1. The molecule has 0 radical (unpaired) electrons. The van der Waals surface area contributed by atoms with Crippen LogP contribution >= 0.6 is 11.3 Å². The van der Waals surface area contributed by atoms with Crippen molar-refractivity contribution in [1.29, 1.82) is 0 Å². The standard InChI is InChI=1S/C29H29F5N4O7S2/c1-15-13-38-17(14-37(15)27(39)44-28(2,3)4)12-20(36-38)24-23(22-19(31)10-16(30)11-21(22)43-8-7-42-5)25-18(6-9-46-25)26(35-24)45-47(40,41)29(32,33)34/h6,9-12,15H,7-8,13-14H2,1-5H3/t15-/m1/s1. The number of aromatic nitrogens is 3. The highest BCUT2D eigenvalue weighted by molar-refractivity contribution is 7.88. The van der Waals surface area contributed by atoms with E-state index in [0.717, 1.165) is 17.4 Å². The normalized spacial score (nSPS) is 15.5. The Kier molecular flexibility index (Phi) is 9.15. The molecule has 1 aromatic carbocycles. The van der Waals surface area contributed by atoms with Crippen LogP contribution in [0.25, 0.3) is 32.6 Å². The van der Waals surface area contributed by atoms with Crippen LogP contribution in [-0.4, -0.2) is 71.7 Å². The van der Waals surface area contributed by atoms with E-state index in [1.807, 2.05) is 0 Å². The van der Waals surface area contributed by atoms with Gasteiger partial charge in [0.1, 0.15) is 41.0 Å². The number of halogens is 5. The summed E-state index contributed by atoms with van der Waals surface area (Å²) in [4.78, 5) is 18.6. The average Bonchev–Trinajstić information content (AvgIpc) is 3.59. The SMILES string of the molecule is COCCOc1cc(F)cc(F)c1-c1c(-c2cc3n(n2)C[C@@H](C)N(C(=O)OC(C)(C)C)C3)nc(OS(=O)(=O)C(F)(F)F)c2ccsc12. The summed E-state index contributed by atoms with van der Waals surface area (Å²) in [5, 5.41) is 5.77. The van der Waals surface area contributed by atoms with Gasteiger partial charge in [-0.15, -0.1) is 11.3 Å². The third-order valence-electron chi connectivity index (χ3n) is 6.89. The lowest BCUT2D eigenvalue weighted by Gasteiger charge is -2.35. The van der Waals surface area contributed by atoms with E-state index in [1.54, 1.807) is 27.7 Å². The van der Waals surface area contributed by atoms with Gasteiger partial charge in [-0.2, -0.15) is 26.7 Å². The van der Waals surface area contributed by atoms with E-state index in [4.69, 9.17) is 14.2 Å². The van der Waals surface area contributed by atoms with Gasteiger partial charge in [0.2, 0.25) is 5.88 Å². The number of fused-ring (bicyclic) bond motifs is 2. The van der Waals surface area contributed by atoms with E-state index in [2.05, 4.69) is 14.3 Å². The molecule has 11 nitrogen and oxygen atoms in total. The van der Waals surface area contributed by atoms with E-state index in [0.29, 0.717) is 11.8 Å². The third-order valence-corrected chi connectivity index (χ3v) is 8.77. The summed E-state index contributed by atoms with van der Waals surface area (Å²) in [5.74, 6) is -3.28. The van der Waals surface area contributed by atoms with Crippen LogP contribution in [0.3, 0.4) is 0 Å². The molecule has 4 aromatic rings. The number of rotatable bonds is 8. The van der Waals surface area contributed by atoms with Crippen LogP contribution in [-0.2, 0) is 32.7 Å². The van der Waals surface area contributed by atoms with Crippen molar-refractivity contribution in [2.24, 2.45) is 0 Å². The fourth-order valence-corrected chi connectivity index (χ4v) is 6.24. The fraction of sp³-hybridized carbons (Fsp3) is 0.414. The summed E-state index contributed by atoms with van der Waals surface area (Å²) in [6, 6.07) is 3.85. The molecule has 4 heterocycles. The molecule has 0 spiro atoms. The summed E-state index contributed by atoms with van der Waals surface area (Å²) in [6.45, 7) is 7.04. The second-order valence-corrected chi connectivity index (χ2v) is 14.0. The molecule has 47 heavy (non-hydrogen) atoms. The van der Waals surface area contributed by atoms with Crippen molar-refractivity contribution >= 4 is 37.6 Å². The molecular formula is C29H29F5N4O7S2. The maximum atomic E-state index is 15.8. The first-order valence-electron chi connectivity index (χ1n) is 14.0. The Morgan fingerprint density at radius 2 is 1.83 bits per heavy atom. The molecule has 0 fully saturated rings. The van der Waals surface area contributed by atoms with Crippen molar-refractivity contribution in [2.75, 3.05) is 20.3 Å². The zero-order valence-corrected chi connectivity index (χ0v) is 27.3. The zero-order valence-electron chi connectivity index (χ0n) is 25.6. The number of pyridine rings is 1. The molecule has 5 rings (SSSR count). The highest BCUT2D eigenvalue weighted by Gasteiger charge is 2.49. The predicted octanol–water partition coefficient (Wildman–Crippen LogP) is 6.50. The van der Waals surface area contributed by atoms with Crippen LogP contribution in [0.15, 0.2) is 29.6 Å². The lowest BCUT2D eigenvalue weighted by molar-refractivity contribution is -0.0500. The van der Waals surface area contributed by atoms with E-state index in [9.17, 15) is 30.8 Å². The highest BCUT2D eigenvalue weighted by Crippen LogP contribution is 2.47. The second-order valence-electron chi connectivity index (χ2n) is 11.5. The van der Waals surface area contributed by atoms with Gasteiger partial charge in [0.25, 0.3) is 0 Å². The van der Waals surface area contributed by atoms with E-state index in [1.165, 1.54) is 34.2 Å². The quantitative estimate of drug-likeness (QED) is 0.0876. The molecule has 0 unspecified atom stereocenters. The molecule has 0 saturated carbocycles. The molecule has 1 aliphatic rings. The van der Waals surface area contributed by atoms with Crippen molar-refractivity contribution in [3.8, 4) is 34.1 Å². The van der Waals surface area contributed by atoms with Gasteiger partial charge in [0.05, 0.1) is 47.1 Å². The van der Waals surface area contributed by atoms with Crippen molar-refractivity contribution in [3.05, 3.63) is 47.0 Å². The molecule has 1 aliphatic heterocycles. The van der Waals surface area contributed by atoms with E-state index >= 15 is 4.39 Å². The Morgan fingerprint density at radius 1 is 1.11 bits per heavy atom. The van der Waals surface area contributed by atoms with Gasteiger partial charge in [0.15, 0.2) is 0 Å².